The van der Waals surface area contributed by atoms with Gasteiger partial charge in [0, 0.05) is 28.8 Å². The molecule has 0 aliphatic carbocycles. The predicted octanol–water partition coefficient (Wildman–Crippen LogP) is 4.90. The third-order valence-electron chi connectivity index (χ3n) is 4.30. The van der Waals surface area contributed by atoms with Crippen molar-refractivity contribution in [3.63, 3.8) is 0 Å². The number of ketones is 1. The van der Waals surface area contributed by atoms with Crippen molar-refractivity contribution in [1.29, 1.82) is 0 Å². The van der Waals surface area contributed by atoms with E-state index < -0.39 is 0 Å². The number of nitrogens with one attached hydrogen (secondary N) is 1. The number of hydrogen-bond acceptors (Lipinski definition) is 6. The van der Waals surface area contributed by atoms with Gasteiger partial charge in [-0.1, -0.05) is 0 Å². The number of aromatic nitrogens is 1. The van der Waals surface area contributed by atoms with Crippen LogP contribution in [-0.2, 0) is 11.2 Å². The smallest absolute Gasteiger partial charge is 0.220 e. The molecule has 0 saturated carbocycles. The number of aryl methyl sites for hydroxylation is 1. The summed E-state index contributed by atoms with van der Waals surface area (Å²) in [4.78, 5) is 30.2. The molecule has 152 valence electrons. The van der Waals surface area contributed by atoms with Gasteiger partial charge in [-0.25, -0.2) is 4.98 Å². The van der Waals surface area contributed by atoms with Crippen molar-refractivity contribution < 1.29 is 14.3 Å². The van der Waals surface area contributed by atoms with Gasteiger partial charge in [0.05, 0.1) is 22.2 Å². The monoisotopic (exact) mass is 428 g/mol. The average molecular weight is 429 g/mol. The number of carbonyl (C=O) groups excluding carboxylic acids is 2. The Kier molecular flexibility index (Phi) is 7.55. The van der Waals surface area contributed by atoms with Gasteiger partial charge in [0.2, 0.25) is 5.91 Å². The van der Waals surface area contributed by atoms with Crippen molar-refractivity contribution in [1.82, 2.24) is 10.3 Å². The molecule has 29 heavy (non-hydrogen) atoms. The molecule has 3 aromatic rings. The maximum atomic E-state index is 12.0. The minimum atomic E-state index is 0.0326. The molecule has 1 amide bonds. The Hall–Kier alpha value is -2.51. The lowest BCUT2D eigenvalue weighted by atomic mass is 10.1. The summed E-state index contributed by atoms with van der Waals surface area (Å²) in [7, 11) is 0. The van der Waals surface area contributed by atoms with Crippen molar-refractivity contribution in [2.24, 2.45) is 0 Å². The summed E-state index contributed by atoms with van der Waals surface area (Å²) in [6.45, 7) is 4.64. The highest BCUT2D eigenvalue weighted by Gasteiger charge is 2.07. The fourth-order valence-corrected chi connectivity index (χ4v) is 4.40. The molecule has 0 aliphatic rings. The van der Waals surface area contributed by atoms with Gasteiger partial charge in [0.15, 0.2) is 5.78 Å². The zero-order valence-corrected chi connectivity index (χ0v) is 18.2. The molecular formula is C22H24N2O3S2. The molecule has 0 unspecified atom stereocenters. The molecular weight excluding hydrogens is 404 g/mol. The molecule has 2 aromatic heterocycles. The summed E-state index contributed by atoms with van der Waals surface area (Å²) in [5.74, 6) is 0.775. The Bertz CT molecular complexity index is 961. The Morgan fingerprint density at radius 2 is 1.93 bits per heavy atom. The normalized spacial score (nSPS) is 10.7. The van der Waals surface area contributed by atoms with Gasteiger partial charge in [0.25, 0.3) is 0 Å². The van der Waals surface area contributed by atoms with Gasteiger partial charge in [-0.15, -0.1) is 22.7 Å². The van der Waals surface area contributed by atoms with Crippen molar-refractivity contribution in [2.45, 2.75) is 33.1 Å². The molecule has 0 fully saturated rings. The molecule has 3 rings (SSSR count). The van der Waals surface area contributed by atoms with Gasteiger partial charge in [0.1, 0.15) is 5.75 Å². The van der Waals surface area contributed by atoms with Crippen LogP contribution >= 0.6 is 22.7 Å². The molecule has 2 heterocycles. The molecule has 0 bridgehead atoms. The standard InChI is InChI=1S/C22H24N2O3S2/c1-15(25)17-5-7-18(8-6-17)27-13-3-4-22(26)23-12-11-19-9-10-21(29-19)20-14-28-16(2)24-20/h5-10,14H,3-4,11-13H2,1-2H3,(H,23,26). The van der Waals surface area contributed by atoms with E-state index in [2.05, 4.69) is 27.8 Å². The van der Waals surface area contributed by atoms with E-state index in [1.807, 2.05) is 6.92 Å². The van der Waals surface area contributed by atoms with E-state index in [1.54, 1.807) is 46.9 Å². The zero-order chi connectivity index (χ0) is 20.6. The molecule has 0 atom stereocenters. The first-order chi connectivity index (χ1) is 14.0. The first-order valence-corrected chi connectivity index (χ1v) is 11.2. The fraction of sp³-hybridized carbons (Fsp3) is 0.318. The lowest BCUT2D eigenvalue weighted by Crippen LogP contribution is -2.25. The lowest BCUT2D eigenvalue weighted by molar-refractivity contribution is -0.121. The van der Waals surface area contributed by atoms with E-state index in [4.69, 9.17) is 4.74 Å². The Morgan fingerprint density at radius 3 is 2.62 bits per heavy atom. The van der Waals surface area contributed by atoms with Gasteiger partial charge in [-0.2, -0.15) is 0 Å². The largest absolute Gasteiger partial charge is 0.494 e. The van der Waals surface area contributed by atoms with Crippen LogP contribution < -0.4 is 10.1 Å². The second-order valence-electron chi connectivity index (χ2n) is 6.65. The summed E-state index contributed by atoms with van der Waals surface area (Å²) in [6.07, 6.45) is 1.89. The third kappa shape index (κ3) is 6.51. The Balaban J connectivity index is 1.31. The molecule has 1 aromatic carbocycles. The van der Waals surface area contributed by atoms with Crippen molar-refractivity contribution >= 4 is 34.4 Å². The number of hydrogen-bond donors (Lipinski definition) is 1. The summed E-state index contributed by atoms with van der Waals surface area (Å²) in [6, 6.07) is 11.2. The SMILES string of the molecule is CC(=O)c1ccc(OCCCC(=O)NCCc2ccc(-c3csc(C)n3)s2)cc1. The van der Waals surface area contributed by atoms with Crippen LogP contribution in [0.2, 0.25) is 0 Å². The Labute approximate surface area is 178 Å². The van der Waals surface area contributed by atoms with Crippen LogP contribution in [0.15, 0.2) is 41.8 Å². The average Bonchev–Trinajstić information content (AvgIpc) is 3.34. The molecule has 1 N–H and O–H groups in total. The lowest BCUT2D eigenvalue weighted by Gasteiger charge is -2.07. The number of benzene rings is 1. The van der Waals surface area contributed by atoms with Crippen molar-refractivity contribution in [3.8, 4) is 16.3 Å². The number of Topliss-reactive ketones (excluding diaryl/α,β-unsaturated/α-hetero) is 1. The number of rotatable bonds is 10. The van der Waals surface area contributed by atoms with E-state index in [9.17, 15) is 9.59 Å². The molecule has 0 aliphatic heterocycles. The number of amides is 1. The predicted molar refractivity (Wildman–Crippen MR) is 118 cm³/mol. The molecule has 0 spiro atoms. The minimum Gasteiger partial charge on any atom is -0.494 e. The summed E-state index contributed by atoms with van der Waals surface area (Å²) < 4.78 is 5.62. The maximum absolute atomic E-state index is 12.0. The Morgan fingerprint density at radius 1 is 1.14 bits per heavy atom. The van der Waals surface area contributed by atoms with Crippen LogP contribution in [0.1, 0.15) is 40.0 Å². The van der Waals surface area contributed by atoms with Crippen LogP contribution in [0.25, 0.3) is 10.6 Å². The van der Waals surface area contributed by atoms with Crippen LogP contribution in [0.3, 0.4) is 0 Å². The molecule has 0 radical (unpaired) electrons. The topological polar surface area (TPSA) is 68.3 Å². The minimum absolute atomic E-state index is 0.0326. The third-order valence-corrected chi connectivity index (χ3v) is 6.25. The summed E-state index contributed by atoms with van der Waals surface area (Å²) >= 11 is 3.38. The number of thiophene rings is 1. The second-order valence-corrected chi connectivity index (χ2v) is 8.88. The first-order valence-electron chi connectivity index (χ1n) is 9.53. The number of nitrogens with zero attached hydrogens (tertiary/aromatic N) is 1. The van der Waals surface area contributed by atoms with Gasteiger partial charge in [-0.3, -0.25) is 9.59 Å². The number of ether oxygens (including phenoxy) is 1. The highest BCUT2D eigenvalue weighted by atomic mass is 32.1. The van der Waals surface area contributed by atoms with E-state index in [0.29, 0.717) is 37.3 Å². The zero-order valence-electron chi connectivity index (χ0n) is 16.6. The van der Waals surface area contributed by atoms with Crippen molar-refractivity contribution in [3.05, 3.63) is 57.2 Å². The van der Waals surface area contributed by atoms with E-state index >= 15 is 0 Å². The summed E-state index contributed by atoms with van der Waals surface area (Å²) in [5.41, 5.74) is 1.69. The van der Waals surface area contributed by atoms with E-state index in [1.165, 1.54) is 16.7 Å². The highest BCUT2D eigenvalue weighted by molar-refractivity contribution is 7.16. The van der Waals surface area contributed by atoms with Gasteiger partial charge >= 0.3 is 0 Å². The van der Waals surface area contributed by atoms with Crippen LogP contribution in [0, 0.1) is 6.92 Å². The van der Waals surface area contributed by atoms with Gasteiger partial charge in [-0.05, 0) is 63.1 Å². The number of carbonyl (C=O) groups is 2. The van der Waals surface area contributed by atoms with E-state index in [-0.39, 0.29) is 11.7 Å². The van der Waals surface area contributed by atoms with Crippen molar-refractivity contribution in [2.75, 3.05) is 13.2 Å². The highest BCUT2D eigenvalue weighted by Crippen LogP contribution is 2.29. The molecule has 7 heteroatoms. The molecule has 5 nitrogen and oxygen atoms in total. The van der Waals surface area contributed by atoms with Crippen LogP contribution in [0.5, 0.6) is 5.75 Å². The van der Waals surface area contributed by atoms with Crippen LogP contribution in [-0.4, -0.2) is 29.8 Å². The first kappa shape index (κ1) is 21.2. The second kappa shape index (κ2) is 10.3. The quantitative estimate of drug-likeness (QED) is 0.368. The van der Waals surface area contributed by atoms with Crippen LogP contribution in [0.4, 0.5) is 0 Å². The number of thiazole rings is 1. The maximum Gasteiger partial charge on any atom is 0.220 e. The van der Waals surface area contributed by atoms with E-state index in [0.717, 1.165) is 17.1 Å². The van der Waals surface area contributed by atoms with Gasteiger partial charge < -0.3 is 10.1 Å². The fourth-order valence-electron chi connectivity index (χ4n) is 2.75. The molecule has 0 saturated heterocycles. The summed E-state index contributed by atoms with van der Waals surface area (Å²) in [5, 5.41) is 6.11.